The Hall–Kier alpha value is -3.02. The molecule has 0 spiro atoms. The van der Waals surface area contributed by atoms with Crippen molar-refractivity contribution in [2.24, 2.45) is 0 Å². The Kier molecular flexibility index (Phi) is 6.39. The molecule has 0 aromatic heterocycles. The van der Waals surface area contributed by atoms with Gasteiger partial charge >= 0.3 is 6.03 Å². The summed E-state index contributed by atoms with van der Waals surface area (Å²) in [5, 5.41) is 5.36. The number of carbonyl (C=O) groups excluding carboxylic acids is 2. The second-order valence-electron chi connectivity index (χ2n) is 5.49. The Bertz CT molecular complexity index is 742. The highest BCUT2D eigenvalue weighted by Gasteiger charge is 2.10. The van der Waals surface area contributed by atoms with Gasteiger partial charge < -0.3 is 20.1 Å². The molecule has 0 bridgehead atoms. The SMILES string of the molecule is COc1ccc(NC(=O)NCCC(=O)c2ccc(C)cc2)c(OC)c1. The summed E-state index contributed by atoms with van der Waals surface area (Å²) < 4.78 is 10.3. The summed E-state index contributed by atoms with van der Waals surface area (Å²) in [6, 6.07) is 12.1. The minimum Gasteiger partial charge on any atom is -0.497 e. The van der Waals surface area contributed by atoms with Crippen LogP contribution in [0.2, 0.25) is 0 Å². The Morgan fingerprint density at radius 2 is 1.72 bits per heavy atom. The number of benzene rings is 2. The topological polar surface area (TPSA) is 76.7 Å². The molecule has 0 aliphatic heterocycles. The quantitative estimate of drug-likeness (QED) is 0.756. The fourth-order valence-electron chi connectivity index (χ4n) is 2.24. The number of ketones is 1. The van der Waals surface area contributed by atoms with E-state index in [1.165, 1.54) is 7.11 Å². The maximum Gasteiger partial charge on any atom is 0.319 e. The lowest BCUT2D eigenvalue weighted by Crippen LogP contribution is -2.30. The molecule has 2 amide bonds. The molecule has 6 nitrogen and oxygen atoms in total. The minimum atomic E-state index is -0.403. The van der Waals surface area contributed by atoms with Crippen molar-refractivity contribution in [3.05, 3.63) is 53.6 Å². The van der Waals surface area contributed by atoms with Crippen LogP contribution in [0, 0.1) is 6.92 Å². The standard InChI is InChI=1S/C19H22N2O4/c1-13-4-6-14(7-5-13)17(22)10-11-20-19(23)21-16-9-8-15(24-2)12-18(16)25-3/h4-9,12H,10-11H2,1-3H3,(H2,20,21,23). The van der Waals surface area contributed by atoms with Gasteiger partial charge in [-0.25, -0.2) is 4.79 Å². The lowest BCUT2D eigenvalue weighted by Gasteiger charge is -2.12. The van der Waals surface area contributed by atoms with Gasteiger partial charge in [0.05, 0.1) is 19.9 Å². The molecule has 0 heterocycles. The van der Waals surface area contributed by atoms with E-state index in [9.17, 15) is 9.59 Å². The van der Waals surface area contributed by atoms with E-state index in [-0.39, 0.29) is 18.7 Å². The number of rotatable bonds is 7. The zero-order valence-corrected chi connectivity index (χ0v) is 14.6. The third-order valence-corrected chi connectivity index (χ3v) is 3.67. The fourth-order valence-corrected chi connectivity index (χ4v) is 2.24. The smallest absolute Gasteiger partial charge is 0.319 e. The van der Waals surface area contributed by atoms with Crippen LogP contribution in [0.25, 0.3) is 0 Å². The normalized spacial score (nSPS) is 10.0. The van der Waals surface area contributed by atoms with Crippen molar-refractivity contribution in [2.45, 2.75) is 13.3 Å². The number of methoxy groups -OCH3 is 2. The van der Waals surface area contributed by atoms with E-state index < -0.39 is 6.03 Å². The Balaban J connectivity index is 1.84. The molecule has 132 valence electrons. The molecule has 0 aliphatic carbocycles. The monoisotopic (exact) mass is 342 g/mol. The van der Waals surface area contributed by atoms with Crippen LogP contribution in [0.4, 0.5) is 10.5 Å². The molecule has 2 aromatic carbocycles. The van der Waals surface area contributed by atoms with Gasteiger partial charge in [-0.3, -0.25) is 4.79 Å². The molecule has 0 saturated heterocycles. The van der Waals surface area contributed by atoms with Crippen LogP contribution >= 0.6 is 0 Å². The van der Waals surface area contributed by atoms with E-state index in [2.05, 4.69) is 10.6 Å². The van der Waals surface area contributed by atoms with E-state index in [4.69, 9.17) is 9.47 Å². The van der Waals surface area contributed by atoms with Crippen molar-refractivity contribution in [3.63, 3.8) is 0 Å². The van der Waals surface area contributed by atoms with Crippen LogP contribution < -0.4 is 20.1 Å². The van der Waals surface area contributed by atoms with Crippen LogP contribution in [-0.2, 0) is 0 Å². The molecule has 2 aromatic rings. The van der Waals surface area contributed by atoms with Gasteiger partial charge in [0.25, 0.3) is 0 Å². The summed E-state index contributed by atoms with van der Waals surface area (Å²) in [7, 11) is 3.07. The summed E-state index contributed by atoms with van der Waals surface area (Å²) >= 11 is 0. The van der Waals surface area contributed by atoms with Crippen molar-refractivity contribution in [1.29, 1.82) is 0 Å². The first-order valence-electron chi connectivity index (χ1n) is 7.90. The van der Waals surface area contributed by atoms with E-state index in [1.54, 1.807) is 37.4 Å². The number of urea groups is 1. The average Bonchev–Trinajstić information content (AvgIpc) is 2.62. The third kappa shape index (κ3) is 5.24. The first kappa shape index (κ1) is 18.3. The second-order valence-corrected chi connectivity index (χ2v) is 5.49. The van der Waals surface area contributed by atoms with Crippen molar-refractivity contribution < 1.29 is 19.1 Å². The first-order chi connectivity index (χ1) is 12.0. The van der Waals surface area contributed by atoms with Crippen LogP contribution in [0.15, 0.2) is 42.5 Å². The van der Waals surface area contributed by atoms with Crippen molar-refractivity contribution >= 4 is 17.5 Å². The minimum absolute atomic E-state index is 0.0117. The van der Waals surface area contributed by atoms with Crippen molar-refractivity contribution in [3.8, 4) is 11.5 Å². The number of anilines is 1. The maximum absolute atomic E-state index is 12.1. The summed E-state index contributed by atoms with van der Waals surface area (Å²) in [4.78, 5) is 24.0. The van der Waals surface area contributed by atoms with E-state index >= 15 is 0 Å². The number of hydrogen-bond acceptors (Lipinski definition) is 4. The largest absolute Gasteiger partial charge is 0.497 e. The van der Waals surface area contributed by atoms with Crippen LogP contribution in [0.3, 0.4) is 0 Å². The average molecular weight is 342 g/mol. The van der Waals surface area contributed by atoms with Crippen LogP contribution in [0.5, 0.6) is 11.5 Å². The first-order valence-corrected chi connectivity index (χ1v) is 7.90. The predicted octanol–water partition coefficient (Wildman–Crippen LogP) is 3.41. The number of amides is 2. The van der Waals surface area contributed by atoms with Gasteiger partial charge in [-0.15, -0.1) is 0 Å². The molecule has 0 saturated carbocycles. The van der Waals surface area contributed by atoms with Gasteiger partial charge in [-0.2, -0.15) is 0 Å². The van der Waals surface area contributed by atoms with Crippen LogP contribution in [0.1, 0.15) is 22.3 Å². The van der Waals surface area contributed by atoms with Crippen LogP contribution in [-0.4, -0.2) is 32.6 Å². The number of nitrogens with one attached hydrogen (secondary N) is 2. The molecule has 0 radical (unpaired) electrons. The fraction of sp³-hybridized carbons (Fsp3) is 0.263. The molecule has 0 atom stereocenters. The number of aryl methyl sites for hydroxylation is 1. The van der Waals surface area contributed by atoms with Gasteiger partial charge in [0, 0.05) is 24.6 Å². The highest BCUT2D eigenvalue weighted by molar-refractivity contribution is 5.97. The zero-order valence-electron chi connectivity index (χ0n) is 14.6. The van der Waals surface area contributed by atoms with Gasteiger partial charge in [-0.1, -0.05) is 29.8 Å². The third-order valence-electron chi connectivity index (χ3n) is 3.67. The molecule has 0 unspecified atom stereocenters. The number of carbonyl (C=O) groups is 2. The lowest BCUT2D eigenvalue weighted by atomic mass is 10.1. The maximum atomic E-state index is 12.1. The van der Waals surface area contributed by atoms with Gasteiger partial charge in [0.15, 0.2) is 5.78 Å². The summed E-state index contributed by atoms with van der Waals surface area (Å²) in [5.74, 6) is 1.11. The zero-order chi connectivity index (χ0) is 18.2. The van der Waals surface area contributed by atoms with Gasteiger partial charge in [0.1, 0.15) is 11.5 Å². The highest BCUT2D eigenvalue weighted by Crippen LogP contribution is 2.28. The summed E-state index contributed by atoms with van der Waals surface area (Å²) in [6.45, 7) is 2.21. The molecule has 2 rings (SSSR count). The number of Topliss-reactive ketones (excluding diaryl/α,β-unsaturated/α-hetero) is 1. The predicted molar refractivity (Wildman–Crippen MR) is 96.7 cm³/mol. The van der Waals surface area contributed by atoms with Crippen molar-refractivity contribution in [2.75, 3.05) is 26.1 Å². The van der Waals surface area contributed by atoms with E-state index in [0.29, 0.717) is 22.7 Å². The molecule has 25 heavy (non-hydrogen) atoms. The molecule has 0 fully saturated rings. The van der Waals surface area contributed by atoms with E-state index in [0.717, 1.165) is 5.56 Å². The molecule has 2 N–H and O–H groups in total. The molecule has 6 heteroatoms. The Labute approximate surface area is 147 Å². The molecular weight excluding hydrogens is 320 g/mol. The Morgan fingerprint density at radius 3 is 2.36 bits per heavy atom. The van der Waals surface area contributed by atoms with Crippen molar-refractivity contribution in [1.82, 2.24) is 5.32 Å². The number of ether oxygens (including phenoxy) is 2. The molecular formula is C19H22N2O4. The summed E-state index contributed by atoms with van der Waals surface area (Å²) in [5.41, 5.74) is 2.26. The summed E-state index contributed by atoms with van der Waals surface area (Å²) in [6.07, 6.45) is 0.232. The molecule has 0 aliphatic rings. The Morgan fingerprint density at radius 1 is 1.00 bits per heavy atom. The highest BCUT2D eigenvalue weighted by atomic mass is 16.5. The van der Waals surface area contributed by atoms with Gasteiger partial charge in [0.2, 0.25) is 0 Å². The van der Waals surface area contributed by atoms with Gasteiger partial charge in [-0.05, 0) is 19.1 Å². The second kappa shape index (κ2) is 8.73. The number of hydrogen-bond donors (Lipinski definition) is 2. The lowest BCUT2D eigenvalue weighted by molar-refractivity contribution is 0.0983. The van der Waals surface area contributed by atoms with E-state index in [1.807, 2.05) is 19.1 Å².